The van der Waals surface area contributed by atoms with Crippen molar-refractivity contribution in [1.29, 1.82) is 0 Å². The van der Waals surface area contributed by atoms with E-state index in [9.17, 15) is 4.79 Å². The Morgan fingerprint density at radius 2 is 2.56 bits per heavy atom. The van der Waals surface area contributed by atoms with Gasteiger partial charge in [0.25, 0.3) is 5.56 Å². The SMILES string of the molecule is C#CCn1ncc(NCC2CCSC2)c(Br)c1=O. The summed E-state index contributed by atoms with van der Waals surface area (Å²) in [5.74, 6) is 5.50. The largest absolute Gasteiger partial charge is 0.382 e. The summed E-state index contributed by atoms with van der Waals surface area (Å²) in [5.41, 5.74) is 0.545. The molecule has 0 radical (unpaired) electrons. The molecule has 2 rings (SSSR count). The number of hydrogen-bond acceptors (Lipinski definition) is 4. The van der Waals surface area contributed by atoms with E-state index in [0.29, 0.717) is 10.4 Å². The molecule has 0 amide bonds. The second kappa shape index (κ2) is 6.30. The summed E-state index contributed by atoms with van der Waals surface area (Å²) in [6, 6.07) is 0. The molecule has 0 saturated carbocycles. The molecule has 96 valence electrons. The molecule has 1 N–H and O–H groups in total. The molecule has 0 aromatic carbocycles. The van der Waals surface area contributed by atoms with Crippen molar-refractivity contribution in [2.45, 2.75) is 13.0 Å². The lowest BCUT2D eigenvalue weighted by molar-refractivity contribution is 0.627. The average molecular weight is 328 g/mol. The van der Waals surface area contributed by atoms with E-state index < -0.39 is 0 Å². The number of terminal acetylenes is 1. The Balaban J connectivity index is 2.07. The van der Waals surface area contributed by atoms with Gasteiger partial charge in [-0.2, -0.15) is 16.9 Å². The van der Waals surface area contributed by atoms with E-state index in [-0.39, 0.29) is 12.1 Å². The van der Waals surface area contributed by atoms with Gasteiger partial charge >= 0.3 is 0 Å². The van der Waals surface area contributed by atoms with E-state index in [1.165, 1.54) is 22.6 Å². The highest BCUT2D eigenvalue weighted by molar-refractivity contribution is 9.10. The molecule has 0 spiro atoms. The zero-order chi connectivity index (χ0) is 13.0. The van der Waals surface area contributed by atoms with Gasteiger partial charge < -0.3 is 5.32 Å². The van der Waals surface area contributed by atoms with Crippen molar-refractivity contribution in [3.63, 3.8) is 0 Å². The van der Waals surface area contributed by atoms with Crippen LogP contribution in [0, 0.1) is 18.3 Å². The van der Waals surface area contributed by atoms with Gasteiger partial charge in [-0.3, -0.25) is 4.79 Å². The van der Waals surface area contributed by atoms with Crippen molar-refractivity contribution in [3.05, 3.63) is 21.0 Å². The third-order valence-corrected chi connectivity index (χ3v) is 4.83. The van der Waals surface area contributed by atoms with E-state index in [0.717, 1.165) is 12.2 Å². The second-order valence-corrected chi connectivity index (χ2v) is 6.09. The van der Waals surface area contributed by atoms with Crippen molar-refractivity contribution in [1.82, 2.24) is 9.78 Å². The van der Waals surface area contributed by atoms with Gasteiger partial charge in [0.05, 0.1) is 11.9 Å². The van der Waals surface area contributed by atoms with E-state index >= 15 is 0 Å². The predicted octanol–water partition coefficient (Wildman–Crippen LogP) is 1.80. The number of aromatic nitrogens is 2. The third kappa shape index (κ3) is 3.09. The Kier molecular flexibility index (Phi) is 4.72. The maximum atomic E-state index is 11.9. The third-order valence-electron chi connectivity index (χ3n) is 2.83. The van der Waals surface area contributed by atoms with E-state index in [1.807, 2.05) is 11.8 Å². The van der Waals surface area contributed by atoms with Gasteiger partial charge in [0.15, 0.2) is 0 Å². The maximum absolute atomic E-state index is 11.9. The fourth-order valence-electron chi connectivity index (χ4n) is 1.79. The monoisotopic (exact) mass is 327 g/mol. The van der Waals surface area contributed by atoms with Crippen molar-refractivity contribution < 1.29 is 0 Å². The summed E-state index contributed by atoms with van der Waals surface area (Å²) in [6.45, 7) is 1.07. The quantitative estimate of drug-likeness (QED) is 0.857. The summed E-state index contributed by atoms with van der Waals surface area (Å²) >= 11 is 5.28. The maximum Gasteiger partial charge on any atom is 0.284 e. The number of anilines is 1. The van der Waals surface area contributed by atoms with Crippen LogP contribution >= 0.6 is 27.7 Å². The van der Waals surface area contributed by atoms with Crippen LogP contribution in [-0.4, -0.2) is 27.8 Å². The molecule has 1 fully saturated rings. The molecule has 1 aliphatic rings. The Hall–Kier alpha value is -0.930. The molecular formula is C12H14BrN3OS. The van der Waals surface area contributed by atoms with Crippen LogP contribution in [0.4, 0.5) is 5.69 Å². The molecule has 1 atom stereocenters. The summed E-state index contributed by atoms with van der Waals surface area (Å²) in [4.78, 5) is 11.9. The van der Waals surface area contributed by atoms with Crippen LogP contribution in [0.3, 0.4) is 0 Å². The normalized spacial score (nSPS) is 18.6. The average Bonchev–Trinajstić information content (AvgIpc) is 2.87. The van der Waals surface area contributed by atoms with Gasteiger partial charge in [0.2, 0.25) is 0 Å². The van der Waals surface area contributed by atoms with E-state index in [2.05, 4.69) is 32.3 Å². The van der Waals surface area contributed by atoms with Crippen LogP contribution in [0.5, 0.6) is 0 Å². The van der Waals surface area contributed by atoms with Gasteiger partial charge in [0, 0.05) is 6.54 Å². The van der Waals surface area contributed by atoms with Gasteiger partial charge in [-0.05, 0) is 39.8 Å². The summed E-state index contributed by atoms with van der Waals surface area (Å²) < 4.78 is 1.76. The lowest BCUT2D eigenvalue weighted by atomic mass is 10.1. The fourth-order valence-corrected chi connectivity index (χ4v) is 3.52. The smallest absolute Gasteiger partial charge is 0.284 e. The first kappa shape index (κ1) is 13.5. The highest BCUT2D eigenvalue weighted by Gasteiger charge is 2.16. The number of nitrogens with one attached hydrogen (secondary N) is 1. The molecule has 1 aliphatic heterocycles. The minimum Gasteiger partial charge on any atom is -0.382 e. The van der Waals surface area contributed by atoms with Gasteiger partial charge in [-0.25, -0.2) is 4.68 Å². The van der Waals surface area contributed by atoms with Crippen LogP contribution in [0.25, 0.3) is 0 Å². The molecule has 4 nitrogen and oxygen atoms in total. The van der Waals surface area contributed by atoms with Gasteiger partial charge in [-0.15, -0.1) is 6.42 Å². The first-order chi connectivity index (χ1) is 8.72. The first-order valence-corrected chi connectivity index (χ1v) is 7.68. The zero-order valence-corrected chi connectivity index (χ0v) is 12.3. The van der Waals surface area contributed by atoms with Crippen LogP contribution in [0.2, 0.25) is 0 Å². The van der Waals surface area contributed by atoms with Crippen molar-refractivity contribution in [3.8, 4) is 12.3 Å². The highest BCUT2D eigenvalue weighted by atomic mass is 79.9. The molecule has 18 heavy (non-hydrogen) atoms. The number of hydrogen-bond donors (Lipinski definition) is 1. The number of rotatable bonds is 4. The highest BCUT2D eigenvalue weighted by Crippen LogP contribution is 2.24. The Morgan fingerprint density at radius 1 is 1.72 bits per heavy atom. The molecular weight excluding hydrogens is 314 g/mol. The van der Waals surface area contributed by atoms with E-state index in [4.69, 9.17) is 6.42 Å². The summed E-state index contributed by atoms with van der Waals surface area (Å²) in [7, 11) is 0. The molecule has 1 unspecified atom stereocenters. The standard InChI is InChI=1S/C12H14BrN3OS/c1-2-4-16-12(17)11(13)10(7-15-16)14-6-9-3-5-18-8-9/h1,7,9,14H,3-6,8H2. The van der Waals surface area contributed by atoms with Crippen LogP contribution in [-0.2, 0) is 6.54 Å². The van der Waals surface area contributed by atoms with E-state index in [1.54, 1.807) is 6.20 Å². The van der Waals surface area contributed by atoms with Gasteiger partial charge in [-0.1, -0.05) is 5.92 Å². The van der Waals surface area contributed by atoms with Gasteiger partial charge in [0.1, 0.15) is 11.0 Å². The van der Waals surface area contributed by atoms with Crippen LogP contribution < -0.4 is 10.9 Å². The number of thioether (sulfide) groups is 1. The summed E-state index contributed by atoms with van der Waals surface area (Å²) in [6.07, 6.45) is 8.05. The minimum atomic E-state index is -0.196. The molecule has 0 aliphatic carbocycles. The second-order valence-electron chi connectivity index (χ2n) is 4.15. The molecule has 1 aromatic heterocycles. The molecule has 0 bridgehead atoms. The molecule has 6 heteroatoms. The molecule has 1 aromatic rings. The number of halogens is 1. The summed E-state index contributed by atoms with van der Waals surface area (Å²) in [5, 5.41) is 7.32. The Morgan fingerprint density at radius 3 is 3.22 bits per heavy atom. The molecule has 2 heterocycles. The van der Waals surface area contributed by atoms with Crippen molar-refractivity contribution >= 4 is 33.4 Å². The zero-order valence-electron chi connectivity index (χ0n) is 9.86. The fraction of sp³-hybridized carbons (Fsp3) is 0.500. The lowest BCUT2D eigenvalue weighted by Crippen LogP contribution is -2.25. The van der Waals surface area contributed by atoms with Crippen LogP contribution in [0.15, 0.2) is 15.5 Å². The van der Waals surface area contributed by atoms with Crippen molar-refractivity contribution in [2.75, 3.05) is 23.4 Å². The van der Waals surface area contributed by atoms with Crippen LogP contribution in [0.1, 0.15) is 6.42 Å². The lowest BCUT2D eigenvalue weighted by Gasteiger charge is -2.12. The predicted molar refractivity (Wildman–Crippen MR) is 79.0 cm³/mol. The molecule has 1 saturated heterocycles. The Labute approximate surface area is 119 Å². The first-order valence-electron chi connectivity index (χ1n) is 5.73. The van der Waals surface area contributed by atoms with Crippen molar-refractivity contribution in [2.24, 2.45) is 5.92 Å². The topological polar surface area (TPSA) is 46.9 Å². The number of nitrogens with zero attached hydrogens (tertiary/aromatic N) is 2. The minimum absolute atomic E-state index is 0.191. The Bertz CT molecular complexity index is 517.